The topological polar surface area (TPSA) is 28.7 Å². The van der Waals surface area contributed by atoms with Crippen molar-refractivity contribution in [1.82, 2.24) is 4.57 Å². The molecule has 0 bridgehead atoms. The summed E-state index contributed by atoms with van der Waals surface area (Å²) >= 11 is 3.42. The molecule has 0 saturated carbocycles. The molecule has 0 aliphatic carbocycles. The van der Waals surface area contributed by atoms with Crippen molar-refractivity contribution in [3.63, 3.8) is 0 Å². The van der Waals surface area contributed by atoms with Crippen LogP contribution in [-0.2, 0) is 13.0 Å². The summed E-state index contributed by atoms with van der Waals surface area (Å²) in [7, 11) is 0. The first-order valence-corrected chi connectivity index (χ1v) is 4.40. The van der Waals surface area contributed by atoms with Gasteiger partial charge in [0.25, 0.3) is 0 Å². The maximum Gasteiger partial charge on any atom is 0.101 e. The molecule has 0 unspecified atom stereocenters. The maximum atomic E-state index is 8.73. The minimum absolute atomic E-state index is 0.828. The van der Waals surface area contributed by atoms with Gasteiger partial charge >= 0.3 is 0 Å². The number of nitrogens with zero attached hydrogens (tertiary/aromatic N) is 2. The molecule has 3 heteroatoms. The highest BCUT2D eigenvalue weighted by atomic mass is 79.9. The highest BCUT2D eigenvalue weighted by Crippen LogP contribution is 2.26. The van der Waals surface area contributed by atoms with Crippen LogP contribution in [0.1, 0.15) is 17.7 Å². The molecule has 0 amide bonds. The van der Waals surface area contributed by atoms with E-state index in [-0.39, 0.29) is 0 Å². The Balaban J connectivity index is 2.63. The minimum Gasteiger partial charge on any atom is -0.338 e. The van der Waals surface area contributed by atoms with Crippen LogP contribution >= 0.6 is 15.9 Å². The Labute approximate surface area is 73.6 Å². The number of hydrogen-bond donors (Lipinski definition) is 0. The molecular weight excluding hydrogens is 204 g/mol. The largest absolute Gasteiger partial charge is 0.338 e. The SMILES string of the molecule is N#Cc1cc(Br)n2c1CCC2. The van der Waals surface area contributed by atoms with Crippen LogP contribution in [0.25, 0.3) is 0 Å². The molecule has 0 spiro atoms. The Bertz CT molecular complexity index is 333. The van der Waals surface area contributed by atoms with Crippen LogP contribution in [0, 0.1) is 11.3 Å². The van der Waals surface area contributed by atoms with E-state index in [0.29, 0.717) is 0 Å². The number of rotatable bonds is 0. The summed E-state index contributed by atoms with van der Waals surface area (Å²) in [6.07, 6.45) is 2.22. The predicted octanol–water partition coefficient (Wildman–Crippen LogP) is 2.07. The average molecular weight is 211 g/mol. The first kappa shape index (κ1) is 6.93. The van der Waals surface area contributed by atoms with Gasteiger partial charge in [-0.1, -0.05) is 0 Å². The van der Waals surface area contributed by atoms with Crippen molar-refractivity contribution in [2.45, 2.75) is 19.4 Å². The fourth-order valence-electron chi connectivity index (χ4n) is 1.57. The van der Waals surface area contributed by atoms with E-state index < -0.39 is 0 Å². The Morgan fingerprint density at radius 2 is 2.45 bits per heavy atom. The molecule has 2 nitrogen and oxygen atoms in total. The smallest absolute Gasteiger partial charge is 0.101 e. The third kappa shape index (κ3) is 0.899. The first-order valence-electron chi connectivity index (χ1n) is 3.61. The maximum absolute atomic E-state index is 8.73. The minimum atomic E-state index is 0.828. The van der Waals surface area contributed by atoms with Crippen molar-refractivity contribution in [1.29, 1.82) is 5.26 Å². The zero-order valence-electron chi connectivity index (χ0n) is 5.97. The lowest BCUT2D eigenvalue weighted by molar-refractivity contribution is 0.736. The molecule has 0 aromatic carbocycles. The number of fused-ring (bicyclic) bond motifs is 1. The zero-order valence-corrected chi connectivity index (χ0v) is 7.56. The van der Waals surface area contributed by atoms with Gasteiger partial charge in [0, 0.05) is 12.2 Å². The lowest BCUT2D eigenvalue weighted by atomic mass is 10.2. The van der Waals surface area contributed by atoms with Crippen molar-refractivity contribution in [3.8, 4) is 6.07 Å². The molecule has 0 atom stereocenters. The lowest BCUT2D eigenvalue weighted by Gasteiger charge is -1.96. The van der Waals surface area contributed by atoms with Gasteiger partial charge in [0.2, 0.25) is 0 Å². The zero-order chi connectivity index (χ0) is 7.84. The molecule has 0 saturated heterocycles. The molecule has 0 N–H and O–H groups in total. The standard InChI is InChI=1S/C8H7BrN2/c9-8-4-6(5-10)7-2-1-3-11(7)8/h4H,1-3H2. The van der Waals surface area contributed by atoms with Crippen LogP contribution in [0.3, 0.4) is 0 Å². The van der Waals surface area contributed by atoms with Gasteiger partial charge in [-0.2, -0.15) is 5.26 Å². The molecule has 1 aliphatic heterocycles. The first-order chi connectivity index (χ1) is 5.33. The Hall–Kier alpha value is -0.750. The molecule has 2 heterocycles. The Morgan fingerprint density at radius 1 is 1.64 bits per heavy atom. The van der Waals surface area contributed by atoms with Crippen LogP contribution < -0.4 is 0 Å². The third-order valence-electron chi connectivity index (χ3n) is 2.07. The van der Waals surface area contributed by atoms with Crippen LogP contribution in [0.15, 0.2) is 10.7 Å². The lowest BCUT2D eigenvalue weighted by Crippen LogP contribution is -1.91. The predicted molar refractivity (Wildman–Crippen MR) is 45.2 cm³/mol. The van der Waals surface area contributed by atoms with Crippen molar-refractivity contribution >= 4 is 15.9 Å². The molecular formula is C8H7BrN2. The van der Waals surface area contributed by atoms with Crippen LogP contribution in [0.2, 0.25) is 0 Å². The number of halogens is 1. The monoisotopic (exact) mass is 210 g/mol. The van der Waals surface area contributed by atoms with E-state index in [1.54, 1.807) is 0 Å². The van der Waals surface area contributed by atoms with Gasteiger partial charge in [0.05, 0.1) is 10.2 Å². The van der Waals surface area contributed by atoms with Gasteiger partial charge in [-0.05, 0) is 34.8 Å². The molecule has 1 aliphatic rings. The van der Waals surface area contributed by atoms with E-state index >= 15 is 0 Å². The quantitative estimate of drug-likeness (QED) is 0.645. The third-order valence-corrected chi connectivity index (χ3v) is 2.73. The van der Waals surface area contributed by atoms with Crippen molar-refractivity contribution in [2.75, 3.05) is 0 Å². The second-order valence-electron chi connectivity index (χ2n) is 2.69. The van der Waals surface area contributed by atoms with Crippen LogP contribution in [0.5, 0.6) is 0 Å². The normalized spacial score (nSPS) is 14.5. The van der Waals surface area contributed by atoms with Crippen molar-refractivity contribution in [2.24, 2.45) is 0 Å². The molecule has 1 aromatic heterocycles. The van der Waals surface area contributed by atoms with Crippen LogP contribution in [0.4, 0.5) is 0 Å². The van der Waals surface area contributed by atoms with Gasteiger partial charge in [-0.15, -0.1) is 0 Å². The molecule has 0 fully saturated rings. The summed E-state index contributed by atoms with van der Waals surface area (Å²) in [6, 6.07) is 4.09. The fourth-order valence-corrected chi connectivity index (χ4v) is 2.19. The van der Waals surface area contributed by atoms with Gasteiger partial charge in [0.1, 0.15) is 6.07 Å². The molecule has 0 radical (unpaired) electrons. The van der Waals surface area contributed by atoms with Gasteiger partial charge in [-0.25, -0.2) is 0 Å². The number of hydrogen-bond acceptors (Lipinski definition) is 1. The summed E-state index contributed by atoms with van der Waals surface area (Å²) in [6.45, 7) is 1.05. The Kier molecular flexibility index (Phi) is 1.50. The number of nitriles is 1. The van der Waals surface area contributed by atoms with E-state index in [0.717, 1.165) is 23.1 Å². The summed E-state index contributed by atoms with van der Waals surface area (Å²) in [4.78, 5) is 0. The number of aromatic nitrogens is 1. The van der Waals surface area contributed by atoms with E-state index in [1.165, 1.54) is 12.1 Å². The van der Waals surface area contributed by atoms with Gasteiger partial charge < -0.3 is 4.57 Å². The molecule has 11 heavy (non-hydrogen) atoms. The van der Waals surface area contributed by atoms with Crippen molar-refractivity contribution < 1.29 is 0 Å². The molecule has 1 aromatic rings. The molecule has 56 valence electrons. The summed E-state index contributed by atoms with van der Waals surface area (Å²) in [5.41, 5.74) is 2.02. The van der Waals surface area contributed by atoms with Gasteiger partial charge in [0.15, 0.2) is 0 Å². The second kappa shape index (κ2) is 2.38. The Morgan fingerprint density at radius 3 is 3.18 bits per heavy atom. The van der Waals surface area contributed by atoms with E-state index in [4.69, 9.17) is 5.26 Å². The van der Waals surface area contributed by atoms with Crippen molar-refractivity contribution in [3.05, 3.63) is 21.9 Å². The summed E-state index contributed by atoms with van der Waals surface area (Å²) in [5.74, 6) is 0. The highest BCUT2D eigenvalue weighted by molar-refractivity contribution is 9.10. The van der Waals surface area contributed by atoms with Gasteiger partial charge in [-0.3, -0.25) is 0 Å². The van der Waals surface area contributed by atoms with E-state index in [2.05, 4.69) is 26.6 Å². The summed E-state index contributed by atoms with van der Waals surface area (Å²) in [5, 5.41) is 8.73. The van der Waals surface area contributed by atoms with Crippen LogP contribution in [-0.4, -0.2) is 4.57 Å². The second-order valence-corrected chi connectivity index (χ2v) is 3.51. The average Bonchev–Trinajstić information content (AvgIpc) is 2.54. The fraction of sp³-hybridized carbons (Fsp3) is 0.375. The van der Waals surface area contributed by atoms with E-state index in [9.17, 15) is 0 Å². The summed E-state index contributed by atoms with van der Waals surface area (Å²) < 4.78 is 3.21. The molecule has 2 rings (SSSR count). The van der Waals surface area contributed by atoms with E-state index in [1.807, 2.05) is 6.07 Å². The highest BCUT2D eigenvalue weighted by Gasteiger charge is 2.17.